The number of nitrogens with zero attached hydrogens (tertiary/aromatic N) is 3. The van der Waals surface area contributed by atoms with Gasteiger partial charge in [-0.2, -0.15) is 0 Å². The number of hydrogen-bond donors (Lipinski definition) is 0. The summed E-state index contributed by atoms with van der Waals surface area (Å²) < 4.78 is 2.16. The predicted octanol–water partition coefficient (Wildman–Crippen LogP) is 8.70. The normalized spacial score (nSPS) is 14.2. The Bertz CT molecular complexity index is 1910. The number of carbonyl (C=O) groups is 1. The Labute approximate surface area is 233 Å². The fourth-order valence-corrected chi connectivity index (χ4v) is 6.42. The second kappa shape index (κ2) is 9.13. The number of fused-ring (bicyclic) bond motifs is 3. The van der Waals surface area contributed by atoms with Crippen molar-refractivity contribution in [1.29, 1.82) is 0 Å². The van der Waals surface area contributed by atoms with Gasteiger partial charge in [-0.15, -0.1) is 0 Å². The van der Waals surface area contributed by atoms with E-state index in [-0.39, 0.29) is 5.41 Å². The first-order valence-electron chi connectivity index (χ1n) is 13.8. The van der Waals surface area contributed by atoms with Crippen molar-refractivity contribution in [3.8, 4) is 33.9 Å². The van der Waals surface area contributed by atoms with Crippen molar-refractivity contribution in [3.63, 3.8) is 0 Å². The summed E-state index contributed by atoms with van der Waals surface area (Å²) in [6, 6.07) is 35.4. The van der Waals surface area contributed by atoms with Crippen molar-refractivity contribution in [2.75, 3.05) is 0 Å². The molecule has 0 saturated heterocycles. The number of aromatic nitrogens is 3. The lowest BCUT2D eigenvalue weighted by Gasteiger charge is -2.35. The number of carbonyl (C=O) groups excluding carboxylic acids is 1. The predicted molar refractivity (Wildman–Crippen MR) is 164 cm³/mol. The summed E-state index contributed by atoms with van der Waals surface area (Å²) in [6.07, 6.45) is 1.85. The maximum absolute atomic E-state index is 12.5. The Morgan fingerprint density at radius 2 is 1.38 bits per heavy atom. The molecule has 2 aromatic heterocycles. The molecule has 1 aliphatic rings. The van der Waals surface area contributed by atoms with E-state index < -0.39 is 0 Å². The molecule has 0 atom stereocenters. The Hall–Kier alpha value is -4.83. The van der Waals surface area contributed by atoms with E-state index in [1.54, 1.807) is 0 Å². The van der Waals surface area contributed by atoms with Crippen molar-refractivity contribution in [2.45, 2.75) is 32.6 Å². The highest BCUT2D eigenvalue weighted by molar-refractivity contribution is 6.18. The van der Waals surface area contributed by atoms with E-state index in [1.807, 2.05) is 36.4 Å². The molecule has 4 aromatic carbocycles. The first kappa shape index (κ1) is 24.2. The Morgan fingerprint density at radius 3 is 1.98 bits per heavy atom. The van der Waals surface area contributed by atoms with Gasteiger partial charge in [-0.05, 0) is 41.8 Å². The van der Waals surface area contributed by atoms with Crippen molar-refractivity contribution >= 4 is 33.8 Å². The SMILES string of the molecule is CCC1=C(C=O)n2c3ccc(-c4nc(-c5ccccc5)cc(-c5ccccc5)n4)cc3c3cccc(c32)C1(C)C. The van der Waals surface area contributed by atoms with Crippen LogP contribution in [0.5, 0.6) is 0 Å². The Morgan fingerprint density at radius 1 is 0.725 bits per heavy atom. The van der Waals surface area contributed by atoms with E-state index in [2.05, 4.69) is 92.1 Å². The third-order valence-corrected chi connectivity index (χ3v) is 8.35. The minimum atomic E-state index is -0.227. The molecule has 194 valence electrons. The fraction of sp³-hybridized carbons (Fsp3) is 0.139. The summed E-state index contributed by atoms with van der Waals surface area (Å²) in [6.45, 7) is 6.59. The van der Waals surface area contributed by atoms with Gasteiger partial charge in [-0.25, -0.2) is 9.97 Å². The number of benzene rings is 4. The molecule has 0 radical (unpaired) electrons. The maximum atomic E-state index is 12.5. The zero-order valence-corrected chi connectivity index (χ0v) is 22.8. The van der Waals surface area contributed by atoms with Gasteiger partial charge in [0, 0.05) is 32.9 Å². The molecule has 4 heteroatoms. The summed E-state index contributed by atoms with van der Waals surface area (Å²) >= 11 is 0. The highest BCUT2D eigenvalue weighted by Gasteiger charge is 2.36. The standard InChI is InChI=1S/C36H29N3O/c1-4-28-33(22-40)39-32-19-18-25(20-27(32)26-16-11-17-29(34(26)39)36(28,2)3)35-37-30(23-12-7-5-8-13-23)21-31(38-35)24-14-9-6-10-15-24/h5-22H,4H2,1-3H3. The van der Waals surface area contributed by atoms with Crippen molar-refractivity contribution in [3.05, 3.63) is 114 Å². The molecule has 0 N–H and O–H groups in total. The summed E-state index contributed by atoms with van der Waals surface area (Å²) in [5.41, 5.74) is 9.88. The van der Waals surface area contributed by atoms with E-state index in [0.717, 1.165) is 73.9 Å². The zero-order valence-electron chi connectivity index (χ0n) is 22.8. The van der Waals surface area contributed by atoms with Crippen LogP contribution in [0.25, 0.3) is 61.4 Å². The average molecular weight is 520 g/mol. The van der Waals surface area contributed by atoms with Gasteiger partial charge in [0.1, 0.15) is 0 Å². The third-order valence-electron chi connectivity index (χ3n) is 8.35. The van der Waals surface area contributed by atoms with Crippen LogP contribution in [0.15, 0.2) is 109 Å². The molecule has 0 spiro atoms. The van der Waals surface area contributed by atoms with Gasteiger partial charge < -0.3 is 4.57 Å². The highest BCUT2D eigenvalue weighted by atomic mass is 16.1. The molecule has 3 heterocycles. The van der Waals surface area contributed by atoms with Crippen molar-refractivity contribution in [2.24, 2.45) is 0 Å². The molecule has 40 heavy (non-hydrogen) atoms. The molecule has 0 bridgehead atoms. The number of allylic oxidation sites excluding steroid dienone is 2. The quantitative estimate of drug-likeness (QED) is 0.214. The van der Waals surface area contributed by atoms with Crippen LogP contribution in [0.3, 0.4) is 0 Å². The minimum absolute atomic E-state index is 0.227. The lowest BCUT2D eigenvalue weighted by atomic mass is 9.73. The highest BCUT2D eigenvalue weighted by Crippen LogP contribution is 2.47. The topological polar surface area (TPSA) is 47.8 Å². The zero-order chi connectivity index (χ0) is 27.4. The second-order valence-electron chi connectivity index (χ2n) is 10.9. The molecular weight excluding hydrogens is 490 g/mol. The van der Waals surface area contributed by atoms with Gasteiger partial charge in [0.05, 0.1) is 28.1 Å². The van der Waals surface area contributed by atoms with E-state index in [4.69, 9.17) is 9.97 Å². The number of aldehydes is 1. The van der Waals surface area contributed by atoms with Crippen molar-refractivity contribution in [1.82, 2.24) is 14.5 Å². The summed E-state index contributed by atoms with van der Waals surface area (Å²) in [4.78, 5) is 22.6. The molecular formula is C36H29N3O. The second-order valence-corrected chi connectivity index (χ2v) is 10.9. The van der Waals surface area contributed by atoms with Crippen LogP contribution in [0.1, 0.15) is 32.8 Å². The van der Waals surface area contributed by atoms with Crippen LogP contribution in [0, 0.1) is 0 Å². The van der Waals surface area contributed by atoms with Crippen LogP contribution in [0.4, 0.5) is 0 Å². The number of para-hydroxylation sites is 1. The van der Waals surface area contributed by atoms with E-state index >= 15 is 0 Å². The molecule has 0 amide bonds. The lowest BCUT2D eigenvalue weighted by molar-refractivity contribution is -0.103. The average Bonchev–Trinajstić information content (AvgIpc) is 3.33. The maximum Gasteiger partial charge on any atom is 0.166 e. The van der Waals surface area contributed by atoms with E-state index in [1.165, 1.54) is 5.56 Å². The van der Waals surface area contributed by atoms with Gasteiger partial charge in [0.2, 0.25) is 0 Å². The van der Waals surface area contributed by atoms with Gasteiger partial charge in [-0.3, -0.25) is 4.79 Å². The molecule has 6 aromatic rings. The van der Waals surface area contributed by atoms with Crippen LogP contribution in [-0.2, 0) is 10.2 Å². The smallest absolute Gasteiger partial charge is 0.166 e. The van der Waals surface area contributed by atoms with Crippen LogP contribution in [-0.4, -0.2) is 20.8 Å². The molecule has 1 aliphatic heterocycles. The van der Waals surface area contributed by atoms with E-state index in [9.17, 15) is 4.79 Å². The molecule has 0 saturated carbocycles. The third kappa shape index (κ3) is 3.56. The lowest BCUT2D eigenvalue weighted by Crippen LogP contribution is -2.27. The summed E-state index contributed by atoms with van der Waals surface area (Å²) in [5, 5.41) is 2.23. The van der Waals surface area contributed by atoms with Gasteiger partial charge in [-0.1, -0.05) is 99.6 Å². The Balaban J connectivity index is 1.50. The first-order valence-corrected chi connectivity index (χ1v) is 13.8. The minimum Gasteiger partial charge on any atom is -0.306 e. The number of hydrogen-bond acceptors (Lipinski definition) is 3. The molecule has 0 aliphatic carbocycles. The summed E-state index contributed by atoms with van der Waals surface area (Å²) in [5.74, 6) is 0.676. The molecule has 4 nitrogen and oxygen atoms in total. The first-order chi connectivity index (χ1) is 19.5. The monoisotopic (exact) mass is 519 g/mol. The molecule has 0 fully saturated rings. The Kier molecular flexibility index (Phi) is 5.53. The van der Waals surface area contributed by atoms with Gasteiger partial charge >= 0.3 is 0 Å². The summed E-state index contributed by atoms with van der Waals surface area (Å²) in [7, 11) is 0. The van der Waals surface area contributed by atoms with Gasteiger partial charge in [0.25, 0.3) is 0 Å². The van der Waals surface area contributed by atoms with Crippen molar-refractivity contribution < 1.29 is 4.79 Å². The van der Waals surface area contributed by atoms with Crippen LogP contribution in [0.2, 0.25) is 0 Å². The number of rotatable bonds is 5. The van der Waals surface area contributed by atoms with Crippen LogP contribution < -0.4 is 0 Å². The van der Waals surface area contributed by atoms with Gasteiger partial charge in [0.15, 0.2) is 12.1 Å². The van der Waals surface area contributed by atoms with Crippen LogP contribution >= 0.6 is 0 Å². The largest absolute Gasteiger partial charge is 0.306 e. The fourth-order valence-electron chi connectivity index (χ4n) is 6.42. The molecule has 7 rings (SSSR count). The molecule has 0 unspecified atom stereocenters. The van der Waals surface area contributed by atoms with E-state index in [0.29, 0.717) is 5.82 Å².